The molecule has 0 unspecified atom stereocenters. The Bertz CT molecular complexity index is 1330. The summed E-state index contributed by atoms with van der Waals surface area (Å²) in [6, 6.07) is 20.7. The largest absolute Gasteiger partial charge is 0.294 e. The van der Waals surface area contributed by atoms with Crippen LogP contribution in [0.15, 0.2) is 70.6 Å². The van der Waals surface area contributed by atoms with Gasteiger partial charge in [0.1, 0.15) is 4.83 Å². The Morgan fingerprint density at radius 1 is 0.944 bits per heavy atom. The van der Waals surface area contributed by atoms with E-state index in [9.17, 15) is 4.79 Å². The summed E-state index contributed by atoms with van der Waals surface area (Å²) < 4.78 is 1.85. The second-order valence-corrected chi connectivity index (χ2v) is 11.8. The molecular formula is C30H35N3OS2. The van der Waals surface area contributed by atoms with E-state index in [1.54, 1.807) is 23.1 Å². The zero-order chi connectivity index (χ0) is 24.7. The lowest BCUT2D eigenvalue weighted by molar-refractivity contribution is 0.249. The minimum absolute atomic E-state index is 0.0886. The summed E-state index contributed by atoms with van der Waals surface area (Å²) in [5.41, 5.74) is 3.54. The van der Waals surface area contributed by atoms with Crippen molar-refractivity contribution < 1.29 is 0 Å². The number of rotatable bonds is 11. The third kappa shape index (κ3) is 5.77. The quantitative estimate of drug-likeness (QED) is 0.118. The molecule has 0 atom stereocenters. The van der Waals surface area contributed by atoms with Gasteiger partial charge in [-0.2, -0.15) is 0 Å². The Morgan fingerprint density at radius 3 is 2.44 bits per heavy atom. The molecule has 36 heavy (non-hydrogen) atoms. The van der Waals surface area contributed by atoms with Crippen molar-refractivity contribution in [2.24, 2.45) is 0 Å². The Hall–Kier alpha value is -2.41. The van der Waals surface area contributed by atoms with Crippen molar-refractivity contribution in [3.05, 3.63) is 87.0 Å². The van der Waals surface area contributed by atoms with E-state index in [0.717, 1.165) is 59.3 Å². The second kappa shape index (κ2) is 12.2. The van der Waals surface area contributed by atoms with Crippen LogP contribution < -0.4 is 5.56 Å². The molecule has 4 aromatic rings. The highest BCUT2D eigenvalue weighted by Gasteiger charge is 2.25. The molecular weight excluding hydrogens is 482 g/mol. The van der Waals surface area contributed by atoms with Gasteiger partial charge in [0.2, 0.25) is 0 Å². The molecule has 0 amide bonds. The molecule has 0 saturated carbocycles. The van der Waals surface area contributed by atoms with Crippen LogP contribution in [0, 0.1) is 0 Å². The number of para-hydroxylation sites is 1. The third-order valence-electron chi connectivity index (χ3n) is 6.92. The van der Waals surface area contributed by atoms with Gasteiger partial charge in [0.25, 0.3) is 5.56 Å². The Morgan fingerprint density at radius 2 is 1.67 bits per heavy atom. The first-order valence-corrected chi connectivity index (χ1v) is 15.1. The lowest BCUT2D eigenvalue weighted by Gasteiger charge is -2.26. The van der Waals surface area contributed by atoms with Crippen molar-refractivity contribution in [1.29, 1.82) is 0 Å². The lowest BCUT2D eigenvalue weighted by Crippen LogP contribution is -2.30. The number of unbranched alkanes of at least 4 members (excludes halogenated alkanes) is 5. The van der Waals surface area contributed by atoms with E-state index < -0.39 is 0 Å². The Kier molecular flexibility index (Phi) is 8.57. The maximum absolute atomic E-state index is 14.0. The first-order chi connectivity index (χ1) is 17.7. The van der Waals surface area contributed by atoms with Gasteiger partial charge in [-0.3, -0.25) is 14.3 Å². The summed E-state index contributed by atoms with van der Waals surface area (Å²) in [7, 11) is 0. The molecule has 0 radical (unpaired) electrons. The fourth-order valence-electron chi connectivity index (χ4n) is 5.00. The molecule has 6 heteroatoms. The summed E-state index contributed by atoms with van der Waals surface area (Å²) in [5, 5.41) is 1.66. The van der Waals surface area contributed by atoms with Crippen LogP contribution in [-0.2, 0) is 19.5 Å². The molecule has 0 saturated heterocycles. The highest BCUT2D eigenvalue weighted by atomic mass is 32.2. The average Bonchev–Trinajstić information content (AvgIpc) is 3.27. The van der Waals surface area contributed by atoms with Gasteiger partial charge in [0.15, 0.2) is 5.16 Å². The summed E-state index contributed by atoms with van der Waals surface area (Å²) in [6.45, 7) is 5.04. The number of hydrogen-bond acceptors (Lipinski definition) is 5. The Labute approximate surface area is 222 Å². The molecule has 3 heterocycles. The summed E-state index contributed by atoms with van der Waals surface area (Å²) in [6.07, 6.45) is 8.52. The molecule has 0 fully saturated rings. The molecule has 4 nitrogen and oxygen atoms in total. The number of thioether (sulfide) groups is 1. The number of benzene rings is 2. The maximum atomic E-state index is 14.0. The lowest BCUT2D eigenvalue weighted by atomic mass is 10.0. The van der Waals surface area contributed by atoms with E-state index in [4.69, 9.17) is 4.98 Å². The van der Waals surface area contributed by atoms with Gasteiger partial charge in [-0.15, -0.1) is 11.3 Å². The van der Waals surface area contributed by atoms with Gasteiger partial charge in [-0.25, -0.2) is 4.98 Å². The standard InChI is InChI=1S/C30H35N3OS2/c1-2-3-4-5-6-13-20-35-30-31-28-27(29(34)33(30)24-16-11-8-12-17-24)25-18-19-32(22-26(25)36-28)21-23-14-9-7-10-15-23/h7-12,14-17H,2-6,13,18-22H2,1H3. The molecule has 5 rings (SSSR count). The van der Waals surface area contributed by atoms with Crippen molar-refractivity contribution in [1.82, 2.24) is 14.5 Å². The normalized spacial score (nSPS) is 13.8. The highest BCUT2D eigenvalue weighted by molar-refractivity contribution is 7.99. The van der Waals surface area contributed by atoms with Gasteiger partial charge >= 0.3 is 0 Å². The van der Waals surface area contributed by atoms with E-state index >= 15 is 0 Å². The van der Waals surface area contributed by atoms with E-state index in [1.807, 2.05) is 34.9 Å². The molecule has 188 valence electrons. The summed E-state index contributed by atoms with van der Waals surface area (Å²) in [5.74, 6) is 0.993. The van der Waals surface area contributed by atoms with E-state index in [0.29, 0.717) is 0 Å². The fraction of sp³-hybridized carbons (Fsp3) is 0.400. The van der Waals surface area contributed by atoms with Crippen LogP contribution >= 0.6 is 23.1 Å². The summed E-state index contributed by atoms with van der Waals surface area (Å²) >= 11 is 3.45. The van der Waals surface area contributed by atoms with Crippen LogP contribution in [-0.4, -0.2) is 26.7 Å². The molecule has 2 aromatic heterocycles. The predicted octanol–water partition coefficient (Wildman–Crippen LogP) is 7.46. The third-order valence-corrected chi connectivity index (χ3v) is 9.05. The first kappa shape index (κ1) is 25.2. The van der Waals surface area contributed by atoms with Crippen molar-refractivity contribution in [2.45, 2.75) is 70.1 Å². The zero-order valence-electron chi connectivity index (χ0n) is 21.1. The van der Waals surface area contributed by atoms with Crippen molar-refractivity contribution >= 4 is 33.3 Å². The second-order valence-electron chi connectivity index (χ2n) is 9.62. The van der Waals surface area contributed by atoms with Gasteiger partial charge in [0.05, 0.1) is 11.1 Å². The molecule has 2 aromatic carbocycles. The molecule has 0 aliphatic carbocycles. The number of hydrogen-bond donors (Lipinski definition) is 0. The maximum Gasteiger partial charge on any atom is 0.267 e. The Balaban J connectivity index is 1.41. The molecule has 1 aliphatic heterocycles. The number of thiophene rings is 1. The SMILES string of the molecule is CCCCCCCCSc1nc2sc3c(c2c(=O)n1-c1ccccc1)CCN(Cc1ccccc1)C3. The van der Waals surface area contributed by atoms with Gasteiger partial charge in [0, 0.05) is 30.3 Å². The number of fused-ring (bicyclic) bond motifs is 3. The first-order valence-electron chi connectivity index (χ1n) is 13.3. The van der Waals surface area contributed by atoms with Crippen LogP contribution in [0.25, 0.3) is 15.9 Å². The monoisotopic (exact) mass is 517 g/mol. The topological polar surface area (TPSA) is 38.1 Å². The minimum atomic E-state index is 0.0886. The predicted molar refractivity (Wildman–Crippen MR) is 154 cm³/mol. The van der Waals surface area contributed by atoms with Crippen LogP contribution in [0.1, 0.15) is 61.5 Å². The van der Waals surface area contributed by atoms with E-state index in [2.05, 4.69) is 42.2 Å². The van der Waals surface area contributed by atoms with Crippen molar-refractivity contribution in [3.8, 4) is 5.69 Å². The van der Waals surface area contributed by atoms with Gasteiger partial charge in [-0.1, -0.05) is 99.3 Å². The van der Waals surface area contributed by atoms with E-state index in [-0.39, 0.29) is 5.56 Å². The minimum Gasteiger partial charge on any atom is -0.294 e. The van der Waals surface area contributed by atoms with E-state index in [1.165, 1.54) is 48.1 Å². The summed E-state index contributed by atoms with van der Waals surface area (Å²) in [4.78, 5) is 23.8. The average molecular weight is 518 g/mol. The molecule has 0 bridgehead atoms. The zero-order valence-corrected chi connectivity index (χ0v) is 22.8. The van der Waals surface area contributed by atoms with Crippen LogP contribution in [0.2, 0.25) is 0 Å². The molecule has 1 aliphatic rings. The van der Waals surface area contributed by atoms with Crippen LogP contribution in [0.4, 0.5) is 0 Å². The van der Waals surface area contributed by atoms with Crippen molar-refractivity contribution in [2.75, 3.05) is 12.3 Å². The smallest absolute Gasteiger partial charge is 0.267 e. The molecule has 0 N–H and O–H groups in total. The fourth-order valence-corrected chi connectivity index (χ4v) is 7.32. The van der Waals surface area contributed by atoms with Crippen LogP contribution in [0.3, 0.4) is 0 Å². The molecule has 0 spiro atoms. The highest BCUT2D eigenvalue weighted by Crippen LogP contribution is 2.35. The van der Waals surface area contributed by atoms with Gasteiger partial charge in [-0.05, 0) is 36.1 Å². The number of aromatic nitrogens is 2. The number of nitrogens with zero attached hydrogens (tertiary/aromatic N) is 3. The van der Waals surface area contributed by atoms with Gasteiger partial charge < -0.3 is 0 Å². The van der Waals surface area contributed by atoms with Crippen molar-refractivity contribution in [3.63, 3.8) is 0 Å². The van der Waals surface area contributed by atoms with Crippen LogP contribution in [0.5, 0.6) is 0 Å².